The Morgan fingerprint density at radius 1 is 1.00 bits per heavy atom. The fourth-order valence-corrected chi connectivity index (χ4v) is 3.83. The van der Waals surface area contributed by atoms with Crippen LogP contribution < -0.4 is 15.5 Å². The average molecular weight is 348 g/mol. The van der Waals surface area contributed by atoms with Gasteiger partial charge in [0, 0.05) is 51.4 Å². The molecule has 0 saturated carbocycles. The van der Waals surface area contributed by atoms with Gasteiger partial charge in [0.1, 0.15) is 11.6 Å². The number of likely N-dealkylation sites (N-methyl/N-ethyl adjacent to an activating group) is 1. The maximum absolute atomic E-state index is 6.02. The van der Waals surface area contributed by atoms with Crippen molar-refractivity contribution in [2.75, 3.05) is 75.9 Å². The van der Waals surface area contributed by atoms with E-state index in [0.717, 1.165) is 56.8 Å². The lowest BCUT2D eigenvalue weighted by molar-refractivity contribution is 0.199. The van der Waals surface area contributed by atoms with Crippen LogP contribution in [0.3, 0.4) is 0 Å². The molecule has 2 N–H and O–H groups in total. The minimum Gasteiger partial charge on any atom is -0.368 e. The lowest BCUT2D eigenvalue weighted by atomic mass is 9.90. The van der Waals surface area contributed by atoms with Gasteiger partial charge in [-0.1, -0.05) is 0 Å². The fourth-order valence-electron chi connectivity index (χ4n) is 3.83. The fraction of sp³-hybridized carbons (Fsp3) is 0.778. The lowest BCUT2D eigenvalue weighted by Gasteiger charge is -2.38. The van der Waals surface area contributed by atoms with E-state index in [1.54, 1.807) is 0 Å². The first-order valence-corrected chi connectivity index (χ1v) is 9.43. The molecule has 1 atom stereocenters. The molecule has 3 heterocycles. The molecule has 2 saturated heterocycles. The molecule has 0 aliphatic carbocycles. The molecule has 2 fully saturated rings. The number of nitrogen functional groups attached to an aromatic ring is 1. The largest absolute Gasteiger partial charge is 0.368 e. The van der Waals surface area contributed by atoms with Crippen LogP contribution >= 0.6 is 0 Å². The van der Waals surface area contributed by atoms with Gasteiger partial charge in [0.15, 0.2) is 0 Å². The summed E-state index contributed by atoms with van der Waals surface area (Å²) in [6, 6.07) is 2.75. The van der Waals surface area contributed by atoms with Crippen molar-refractivity contribution in [1.82, 2.24) is 19.8 Å². The number of nitrogens with zero attached hydrogens (tertiary/aromatic N) is 6. The second kappa shape index (κ2) is 7.74. The Bertz CT molecular complexity index is 561. The smallest absolute Gasteiger partial charge is 0.223 e. The number of piperazine rings is 1. The summed E-state index contributed by atoms with van der Waals surface area (Å²) in [5.41, 5.74) is 6.02. The van der Waals surface area contributed by atoms with Gasteiger partial charge in [-0.05, 0) is 46.8 Å². The topological polar surface area (TPSA) is 64.8 Å². The third-order valence-electron chi connectivity index (χ3n) is 5.90. The zero-order chi connectivity index (χ0) is 18.0. The van der Waals surface area contributed by atoms with Gasteiger partial charge in [0.05, 0.1) is 0 Å². The maximum Gasteiger partial charge on any atom is 0.223 e. The van der Waals surface area contributed by atoms with Crippen LogP contribution in [-0.4, -0.2) is 86.2 Å². The number of nitrogens with two attached hydrogens (primary N) is 1. The summed E-state index contributed by atoms with van der Waals surface area (Å²) in [5, 5.41) is 0. The Labute approximate surface area is 151 Å². The van der Waals surface area contributed by atoms with Crippen molar-refractivity contribution in [3.63, 3.8) is 0 Å². The van der Waals surface area contributed by atoms with Gasteiger partial charge in [0.25, 0.3) is 0 Å². The van der Waals surface area contributed by atoms with E-state index in [4.69, 9.17) is 5.73 Å². The highest BCUT2D eigenvalue weighted by molar-refractivity contribution is 5.54. The van der Waals surface area contributed by atoms with Crippen LogP contribution in [0.4, 0.5) is 17.6 Å². The first-order chi connectivity index (χ1) is 11.9. The summed E-state index contributed by atoms with van der Waals surface area (Å²) < 4.78 is 0. The zero-order valence-corrected chi connectivity index (χ0v) is 16.1. The minimum atomic E-state index is 0.384. The Morgan fingerprint density at radius 2 is 1.52 bits per heavy atom. The third kappa shape index (κ3) is 4.33. The molecule has 1 aromatic heterocycles. The van der Waals surface area contributed by atoms with Gasteiger partial charge < -0.3 is 25.3 Å². The molecule has 0 spiro atoms. The SMILES string of the molecule is C[C@@H](C1CCN(c2cc(N3CCN(C)CC3)nc(N)n2)CC1)N(C)C. The predicted molar refractivity (Wildman–Crippen MR) is 104 cm³/mol. The van der Waals surface area contributed by atoms with Crippen molar-refractivity contribution in [1.29, 1.82) is 0 Å². The summed E-state index contributed by atoms with van der Waals surface area (Å²) in [4.78, 5) is 18.4. The second-order valence-corrected chi connectivity index (χ2v) is 7.76. The number of anilines is 3. The first-order valence-electron chi connectivity index (χ1n) is 9.43. The molecule has 25 heavy (non-hydrogen) atoms. The molecule has 0 unspecified atom stereocenters. The van der Waals surface area contributed by atoms with Gasteiger partial charge in [-0.3, -0.25) is 0 Å². The van der Waals surface area contributed by atoms with Gasteiger partial charge in [-0.2, -0.15) is 9.97 Å². The van der Waals surface area contributed by atoms with Gasteiger partial charge >= 0.3 is 0 Å². The van der Waals surface area contributed by atoms with E-state index >= 15 is 0 Å². The molecule has 140 valence electrons. The van der Waals surface area contributed by atoms with E-state index in [1.807, 2.05) is 0 Å². The predicted octanol–water partition coefficient (Wildman–Crippen LogP) is 0.977. The van der Waals surface area contributed by atoms with Crippen LogP contribution in [0, 0.1) is 5.92 Å². The van der Waals surface area contributed by atoms with Gasteiger partial charge in [0.2, 0.25) is 5.95 Å². The summed E-state index contributed by atoms with van der Waals surface area (Å²) in [6.45, 7) is 8.53. The van der Waals surface area contributed by atoms with E-state index < -0.39 is 0 Å². The molecule has 0 radical (unpaired) electrons. The van der Waals surface area contributed by atoms with Crippen LogP contribution in [0.15, 0.2) is 6.07 Å². The molecule has 0 aromatic carbocycles. The first kappa shape index (κ1) is 18.2. The highest BCUT2D eigenvalue weighted by Gasteiger charge is 2.26. The number of aromatic nitrogens is 2. The lowest BCUT2D eigenvalue weighted by Crippen LogP contribution is -2.45. The molecule has 2 aliphatic heterocycles. The highest BCUT2D eigenvalue weighted by atomic mass is 15.3. The Hall–Kier alpha value is -1.60. The molecule has 0 amide bonds. The van der Waals surface area contributed by atoms with E-state index in [-0.39, 0.29) is 0 Å². The summed E-state index contributed by atoms with van der Waals surface area (Å²) in [7, 11) is 6.50. The third-order valence-corrected chi connectivity index (χ3v) is 5.90. The van der Waals surface area contributed by atoms with Crippen LogP contribution in [0.5, 0.6) is 0 Å². The molecular weight excluding hydrogens is 314 g/mol. The van der Waals surface area contributed by atoms with Gasteiger partial charge in [-0.15, -0.1) is 0 Å². The standard InChI is InChI=1S/C18H33N7/c1-14(22(2)3)15-5-7-24(8-6-15)16-13-17(21-18(19)20-16)25-11-9-23(4)10-12-25/h13-15H,5-12H2,1-4H3,(H2,19,20,21)/t14-/m0/s1. The zero-order valence-electron chi connectivity index (χ0n) is 16.1. The number of hydrogen-bond donors (Lipinski definition) is 1. The Balaban J connectivity index is 1.67. The van der Waals surface area contributed by atoms with Crippen molar-refractivity contribution in [2.24, 2.45) is 5.92 Å². The quantitative estimate of drug-likeness (QED) is 0.871. The van der Waals surface area contributed by atoms with Crippen LogP contribution in [0.1, 0.15) is 19.8 Å². The number of rotatable bonds is 4. The van der Waals surface area contributed by atoms with Crippen molar-refractivity contribution in [3.8, 4) is 0 Å². The van der Waals surface area contributed by atoms with Crippen LogP contribution in [0.25, 0.3) is 0 Å². The summed E-state index contributed by atoms with van der Waals surface area (Å²) in [5.74, 6) is 3.09. The van der Waals surface area contributed by atoms with Crippen molar-refractivity contribution in [3.05, 3.63) is 6.07 Å². The summed E-state index contributed by atoms with van der Waals surface area (Å²) >= 11 is 0. The second-order valence-electron chi connectivity index (χ2n) is 7.76. The van der Waals surface area contributed by atoms with Crippen LogP contribution in [-0.2, 0) is 0 Å². The van der Waals surface area contributed by atoms with Crippen molar-refractivity contribution in [2.45, 2.75) is 25.8 Å². The summed E-state index contributed by atoms with van der Waals surface area (Å²) in [6.07, 6.45) is 2.40. The maximum atomic E-state index is 6.02. The van der Waals surface area contributed by atoms with Crippen molar-refractivity contribution < 1.29 is 0 Å². The molecule has 7 heteroatoms. The van der Waals surface area contributed by atoms with Crippen molar-refractivity contribution >= 4 is 17.6 Å². The normalized spacial score (nSPS) is 21.8. The van der Waals surface area contributed by atoms with E-state index in [0.29, 0.717) is 12.0 Å². The van der Waals surface area contributed by atoms with E-state index in [2.05, 4.69) is 63.7 Å². The minimum absolute atomic E-state index is 0.384. The molecule has 2 aliphatic rings. The Kier molecular flexibility index (Phi) is 5.64. The van der Waals surface area contributed by atoms with Gasteiger partial charge in [-0.25, -0.2) is 0 Å². The Morgan fingerprint density at radius 3 is 2.04 bits per heavy atom. The molecule has 0 bridgehead atoms. The average Bonchev–Trinajstić information content (AvgIpc) is 2.61. The monoisotopic (exact) mass is 347 g/mol. The molecule has 3 rings (SSSR count). The molecular formula is C18H33N7. The number of hydrogen-bond acceptors (Lipinski definition) is 7. The van der Waals surface area contributed by atoms with Crippen LogP contribution in [0.2, 0.25) is 0 Å². The number of piperidine rings is 1. The molecule has 7 nitrogen and oxygen atoms in total. The molecule has 1 aromatic rings. The highest BCUT2D eigenvalue weighted by Crippen LogP contribution is 2.28. The van der Waals surface area contributed by atoms with E-state index in [9.17, 15) is 0 Å². The van der Waals surface area contributed by atoms with E-state index in [1.165, 1.54) is 12.8 Å².